The molecule has 1 aliphatic rings. The molecule has 1 aromatic heterocycles. The molecule has 0 unspecified atom stereocenters. The summed E-state index contributed by atoms with van der Waals surface area (Å²) in [4.78, 5) is 13.4. The van der Waals surface area contributed by atoms with Crippen molar-refractivity contribution in [3.8, 4) is 5.75 Å². The van der Waals surface area contributed by atoms with E-state index in [1.165, 1.54) is 0 Å². The molecule has 1 N–H and O–H groups in total. The predicted molar refractivity (Wildman–Crippen MR) is 122 cm³/mol. The van der Waals surface area contributed by atoms with Gasteiger partial charge in [0, 0.05) is 56.6 Å². The van der Waals surface area contributed by atoms with Crippen molar-refractivity contribution in [2.75, 3.05) is 45.2 Å². The highest BCUT2D eigenvalue weighted by Gasteiger charge is 2.20. The van der Waals surface area contributed by atoms with Crippen molar-refractivity contribution in [2.45, 2.75) is 6.54 Å². The number of anilines is 1. The minimum absolute atomic E-state index is 0. The molecule has 1 saturated heterocycles. The maximum absolute atomic E-state index is 6.03. The smallest absolute Gasteiger partial charge is 0.194 e. The van der Waals surface area contributed by atoms with Crippen LogP contribution in [-0.2, 0) is 6.54 Å². The number of pyridine rings is 1. The number of hydrogen-bond acceptors (Lipinski definition) is 4. The number of rotatable bonds is 4. The van der Waals surface area contributed by atoms with Gasteiger partial charge in [0.1, 0.15) is 11.6 Å². The normalized spacial score (nSPS) is 14.6. The van der Waals surface area contributed by atoms with Crippen molar-refractivity contribution in [3.63, 3.8) is 0 Å². The molecule has 1 fully saturated rings. The second-order valence-corrected chi connectivity index (χ2v) is 6.46. The summed E-state index contributed by atoms with van der Waals surface area (Å²) in [6.45, 7) is 4.26. The fourth-order valence-electron chi connectivity index (χ4n) is 3.06. The lowest BCUT2D eigenvalue weighted by molar-refractivity contribution is 0.370. The molecule has 27 heavy (non-hydrogen) atoms. The molecule has 2 aromatic rings. The Morgan fingerprint density at radius 2 is 2.00 bits per heavy atom. The lowest BCUT2D eigenvalue weighted by Gasteiger charge is -2.37. The Hall–Kier alpha value is -1.74. The second kappa shape index (κ2) is 10.6. The number of hydrogen-bond donors (Lipinski definition) is 1. The number of halogens is 2. The van der Waals surface area contributed by atoms with Crippen LogP contribution < -0.4 is 15.0 Å². The molecule has 8 heteroatoms. The molecule has 6 nitrogen and oxygen atoms in total. The lowest BCUT2D eigenvalue weighted by atomic mass is 10.2. The van der Waals surface area contributed by atoms with Crippen LogP contribution in [0.1, 0.15) is 5.56 Å². The zero-order valence-corrected chi connectivity index (χ0v) is 18.6. The van der Waals surface area contributed by atoms with Gasteiger partial charge in [-0.1, -0.05) is 23.7 Å². The highest BCUT2D eigenvalue weighted by molar-refractivity contribution is 14.0. The van der Waals surface area contributed by atoms with Gasteiger partial charge in [0.2, 0.25) is 0 Å². The Morgan fingerprint density at radius 3 is 2.63 bits per heavy atom. The molecule has 146 valence electrons. The summed E-state index contributed by atoms with van der Waals surface area (Å²) in [5.41, 5.74) is 1.05. The summed E-state index contributed by atoms with van der Waals surface area (Å²) >= 11 is 6.03. The number of ether oxygens (including phenoxy) is 1. The van der Waals surface area contributed by atoms with Gasteiger partial charge < -0.3 is 19.9 Å². The first-order chi connectivity index (χ1) is 12.7. The molecule has 0 radical (unpaired) electrons. The van der Waals surface area contributed by atoms with Crippen LogP contribution in [0.15, 0.2) is 47.6 Å². The number of aromatic nitrogens is 1. The number of benzene rings is 1. The second-order valence-electron chi connectivity index (χ2n) is 6.02. The molecule has 2 heterocycles. The molecule has 0 bridgehead atoms. The minimum Gasteiger partial charge on any atom is -0.496 e. The first kappa shape index (κ1) is 21.6. The maximum atomic E-state index is 6.03. The third-order valence-corrected chi connectivity index (χ3v) is 4.69. The van der Waals surface area contributed by atoms with E-state index in [1.807, 2.05) is 43.6 Å². The number of piperazine rings is 1. The zero-order valence-electron chi connectivity index (χ0n) is 15.6. The van der Waals surface area contributed by atoms with Gasteiger partial charge in [0.25, 0.3) is 0 Å². The van der Waals surface area contributed by atoms with Crippen molar-refractivity contribution >= 4 is 47.4 Å². The van der Waals surface area contributed by atoms with Crippen LogP contribution in [0.5, 0.6) is 5.75 Å². The van der Waals surface area contributed by atoms with Crippen molar-refractivity contribution in [2.24, 2.45) is 4.99 Å². The largest absolute Gasteiger partial charge is 0.496 e. The predicted octanol–water partition coefficient (Wildman–Crippen LogP) is 3.26. The number of nitrogens with one attached hydrogen (secondary N) is 1. The van der Waals surface area contributed by atoms with Gasteiger partial charge in [-0.3, -0.25) is 4.99 Å². The monoisotopic (exact) mass is 501 g/mol. The summed E-state index contributed by atoms with van der Waals surface area (Å²) in [5.74, 6) is 2.70. The molecule has 3 rings (SSSR count). The van der Waals surface area contributed by atoms with Crippen LogP contribution in [0, 0.1) is 0 Å². The molecular weight excluding hydrogens is 477 g/mol. The molecule has 0 saturated carbocycles. The zero-order chi connectivity index (χ0) is 18.4. The standard InChI is InChI=1S/C19H24ClN5O.HI/c1-21-19(23-14-15-6-7-16(20)13-17(15)26-2)25-11-9-24(10-12-25)18-5-3-4-8-22-18;/h3-8,13H,9-12,14H2,1-2H3,(H,21,23);1H. The molecule has 0 amide bonds. The van der Waals surface area contributed by atoms with Crippen molar-refractivity contribution in [3.05, 3.63) is 53.2 Å². The Balaban J connectivity index is 0.00000261. The highest BCUT2D eigenvalue weighted by Crippen LogP contribution is 2.23. The van der Waals surface area contributed by atoms with E-state index in [0.29, 0.717) is 11.6 Å². The van der Waals surface area contributed by atoms with Crippen LogP contribution in [0.4, 0.5) is 5.82 Å². The summed E-state index contributed by atoms with van der Waals surface area (Å²) in [7, 11) is 3.47. The van der Waals surface area contributed by atoms with Gasteiger partial charge >= 0.3 is 0 Å². The number of guanidine groups is 1. The van der Waals surface area contributed by atoms with E-state index in [0.717, 1.165) is 49.3 Å². The van der Waals surface area contributed by atoms with Crippen LogP contribution >= 0.6 is 35.6 Å². The molecular formula is C19H25ClIN5O. The highest BCUT2D eigenvalue weighted by atomic mass is 127. The lowest BCUT2D eigenvalue weighted by Crippen LogP contribution is -2.52. The van der Waals surface area contributed by atoms with E-state index in [-0.39, 0.29) is 24.0 Å². The van der Waals surface area contributed by atoms with Crippen LogP contribution in [0.2, 0.25) is 5.02 Å². The molecule has 1 aromatic carbocycles. The molecule has 0 atom stereocenters. The SMILES string of the molecule is CN=C(NCc1ccc(Cl)cc1OC)N1CCN(c2ccccn2)CC1.I. The Morgan fingerprint density at radius 1 is 1.22 bits per heavy atom. The third kappa shape index (κ3) is 5.62. The Labute approximate surface area is 182 Å². The summed E-state index contributed by atoms with van der Waals surface area (Å²) in [6.07, 6.45) is 1.84. The molecule has 0 spiro atoms. The average Bonchev–Trinajstić information content (AvgIpc) is 2.70. The first-order valence-electron chi connectivity index (χ1n) is 8.65. The van der Waals surface area contributed by atoms with E-state index in [4.69, 9.17) is 16.3 Å². The van der Waals surface area contributed by atoms with Gasteiger partial charge in [-0.25, -0.2) is 4.98 Å². The number of methoxy groups -OCH3 is 1. The molecule has 1 aliphatic heterocycles. The average molecular weight is 502 g/mol. The summed E-state index contributed by atoms with van der Waals surface area (Å²) in [5, 5.41) is 4.09. The first-order valence-corrected chi connectivity index (χ1v) is 9.03. The number of aliphatic imine (C=N–C) groups is 1. The maximum Gasteiger partial charge on any atom is 0.194 e. The van der Waals surface area contributed by atoms with Gasteiger partial charge in [0.15, 0.2) is 5.96 Å². The quantitative estimate of drug-likeness (QED) is 0.396. The van der Waals surface area contributed by atoms with Crippen molar-refractivity contribution in [1.29, 1.82) is 0 Å². The van der Waals surface area contributed by atoms with E-state index < -0.39 is 0 Å². The van der Waals surface area contributed by atoms with Gasteiger partial charge in [-0.2, -0.15) is 0 Å². The van der Waals surface area contributed by atoms with Crippen LogP contribution in [-0.4, -0.2) is 56.2 Å². The summed E-state index contributed by atoms with van der Waals surface area (Å²) < 4.78 is 5.41. The van der Waals surface area contributed by atoms with E-state index in [9.17, 15) is 0 Å². The fourth-order valence-corrected chi connectivity index (χ4v) is 3.22. The van der Waals surface area contributed by atoms with E-state index >= 15 is 0 Å². The van der Waals surface area contributed by atoms with Crippen molar-refractivity contribution < 1.29 is 4.74 Å². The summed E-state index contributed by atoms with van der Waals surface area (Å²) in [6, 6.07) is 11.7. The number of nitrogens with zero attached hydrogens (tertiary/aromatic N) is 4. The van der Waals surface area contributed by atoms with Crippen molar-refractivity contribution in [1.82, 2.24) is 15.2 Å². The van der Waals surface area contributed by atoms with Gasteiger partial charge in [0.05, 0.1) is 7.11 Å². The van der Waals surface area contributed by atoms with Gasteiger partial charge in [-0.05, 0) is 24.3 Å². The topological polar surface area (TPSA) is 53.0 Å². The fraction of sp³-hybridized carbons (Fsp3) is 0.368. The van der Waals surface area contributed by atoms with Crippen LogP contribution in [0.3, 0.4) is 0 Å². The Kier molecular flexibility index (Phi) is 8.43. The van der Waals surface area contributed by atoms with E-state index in [1.54, 1.807) is 7.11 Å². The van der Waals surface area contributed by atoms with E-state index in [2.05, 4.69) is 31.2 Å². The third-order valence-electron chi connectivity index (χ3n) is 4.45. The van der Waals surface area contributed by atoms with Gasteiger partial charge in [-0.15, -0.1) is 24.0 Å². The Bertz CT molecular complexity index is 751. The van der Waals surface area contributed by atoms with Crippen LogP contribution in [0.25, 0.3) is 0 Å². The minimum atomic E-state index is 0. The molecule has 0 aliphatic carbocycles.